The molecule has 1 fully saturated rings. The summed E-state index contributed by atoms with van der Waals surface area (Å²) in [5, 5.41) is 3.84. The van der Waals surface area contributed by atoms with Gasteiger partial charge in [-0.1, -0.05) is 26.0 Å². The van der Waals surface area contributed by atoms with E-state index >= 15 is 0 Å². The summed E-state index contributed by atoms with van der Waals surface area (Å²) in [5.41, 5.74) is 1.31. The van der Waals surface area contributed by atoms with Crippen LogP contribution in [0.4, 0.5) is 0 Å². The largest absolute Gasteiger partial charge is 0.497 e. The number of ether oxygens (including phenoxy) is 2. The second-order valence-electron chi connectivity index (χ2n) is 6.96. The molecule has 1 aliphatic heterocycles. The van der Waals surface area contributed by atoms with Crippen molar-refractivity contribution < 1.29 is 9.47 Å². The Bertz CT molecular complexity index is 439. The van der Waals surface area contributed by atoms with Gasteiger partial charge in [0, 0.05) is 18.7 Å². The van der Waals surface area contributed by atoms with Gasteiger partial charge in [0.15, 0.2) is 0 Å². The zero-order chi connectivity index (χ0) is 15.5. The van der Waals surface area contributed by atoms with Gasteiger partial charge in [-0.3, -0.25) is 0 Å². The van der Waals surface area contributed by atoms with Crippen molar-refractivity contribution in [3.8, 4) is 5.75 Å². The highest BCUT2D eigenvalue weighted by Crippen LogP contribution is 2.29. The van der Waals surface area contributed by atoms with Gasteiger partial charge in [0.05, 0.1) is 12.7 Å². The van der Waals surface area contributed by atoms with Crippen LogP contribution in [0.15, 0.2) is 24.3 Å². The molecule has 2 atom stereocenters. The summed E-state index contributed by atoms with van der Waals surface area (Å²) < 4.78 is 11.1. The van der Waals surface area contributed by atoms with Gasteiger partial charge in [-0.15, -0.1) is 0 Å². The second kappa shape index (κ2) is 6.80. The molecule has 0 aliphatic carbocycles. The van der Waals surface area contributed by atoms with E-state index < -0.39 is 0 Å². The number of nitrogens with one attached hydrogen (secondary N) is 1. The Morgan fingerprint density at radius 1 is 1.24 bits per heavy atom. The quantitative estimate of drug-likeness (QED) is 0.891. The molecule has 1 aromatic carbocycles. The topological polar surface area (TPSA) is 30.5 Å². The zero-order valence-corrected chi connectivity index (χ0v) is 14.0. The van der Waals surface area contributed by atoms with Crippen LogP contribution in [0.25, 0.3) is 0 Å². The summed E-state index contributed by atoms with van der Waals surface area (Å²) >= 11 is 0. The monoisotopic (exact) mass is 291 g/mol. The molecule has 1 aromatic rings. The van der Waals surface area contributed by atoms with Crippen LogP contribution in [-0.2, 0) is 4.74 Å². The molecule has 1 saturated heterocycles. The van der Waals surface area contributed by atoms with Crippen LogP contribution in [0.1, 0.15) is 52.1 Å². The molecule has 0 aromatic heterocycles. The third kappa shape index (κ3) is 4.45. The highest BCUT2D eigenvalue weighted by molar-refractivity contribution is 5.29. The Kier molecular flexibility index (Phi) is 5.28. The minimum absolute atomic E-state index is 0.0165. The summed E-state index contributed by atoms with van der Waals surface area (Å²) in [4.78, 5) is 0. The summed E-state index contributed by atoms with van der Waals surface area (Å²) in [6.45, 7) is 9.74. The summed E-state index contributed by atoms with van der Waals surface area (Å²) in [6.07, 6.45) is 2.15. The Labute approximate surface area is 129 Å². The Balaban J connectivity index is 2.08. The molecule has 1 aliphatic rings. The third-order valence-electron chi connectivity index (χ3n) is 4.25. The van der Waals surface area contributed by atoms with Crippen LogP contribution >= 0.6 is 0 Å². The minimum atomic E-state index is -0.0165. The molecule has 0 amide bonds. The molecule has 0 saturated carbocycles. The first kappa shape index (κ1) is 16.3. The van der Waals surface area contributed by atoms with E-state index in [0.717, 1.165) is 25.2 Å². The van der Waals surface area contributed by atoms with E-state index in [4.69, 9.17) is 9.47 Å². The normalized spacial score (nSPS) is 23.0. The van der Waals surface area contributed by atoms with Gasteiger partial charge in [0.1, 0.15) is 5.75 Å². The van der Waals surface area contributed by atoms with E-state index in [0.29, 0.717) is 18.0 Å². The van der Waals surface area contributed by atoms with Gasteiger partial charge in [-0.2, -0.15) is 0 Å². The van der Waals surface area contributed by atoms with Crippen molar-refractivity contribution in [2.24, 2.45) is 5.92 Å². The van der Waals surface area contributed by atoms with Crippen LogP contribution in [0.5, 0.6) is 5.75 Å². The lowest BCUT2D eigenvalue weighted by molar-refractivity contribution is -0.0648. The number of benzene rings is 1. The van der Waals surface area contributed by atoms with Crippen LogP contribution in [0.3, 0.4) is 0 Å². The third-order valence-corrected chi connectivity index (χ3v) is 4.25. The fourth-order valence-corrected chi connectivity index (χ4v) is 3.11. The molecular weight excluding hydrogens is 262 g/mol. The molecule has 3 nitrogen and oxygen atoms in total. The number of rotatable bonds is 5. The lowest BCUT2D eigenvalue weighted by atomic mass is 9.90. The van der Waals surface area contributed by atoms with Gasteiger partial charge in [-0.05, 0) is 50.3 Å². The summed E-state index contributed by atoms with van der Waals surface area (Å²) in [6, 6.07) is 9.31. The number of hydrogen-bond donors (Lipinski definition) is 1. The van der Waals surface area contributed by atoms with Crippen LogP contribution in [0, 0.1) is 5.92 Å². The van der Waals surface area contributed by atoms with Gasteiger partial charge in [0.25, 0.3) is 0 Å². The average Bonchev–Trinajstić information content (AvgIpc) is 2.44. The first-order valence-corrected chi connectivity index (χ1v) is 7.95. The fraction of sp³-hybridized carbons (Fsp3) is 0.667. The number of methoxy groups -OCH3 is 1. The first-order chi connectivity index (χ1) is 9.91. The van der Waals surface area contributed by atoms with Crippen molar-refractivity contribution in [2.45, 2.75) is 58.2 Å². The predicted molar refractivity (Wildman–Crippen MR) is 86.8 cm³/mol. The maximum atomic E-state index is 5.82. The van der Waals surface area contributed by atoms with Gasteiger partial charge in [0.2, 0.25) is 0 Å². The Morgan fingerprint density at radius 3 is 2.43 bits per heavy atom. The molecule has 0 bridgehead atoms. The van der Waals surface area contributed by atoms with Crippen molar-refractivity contribution >= 4 is 0 Å². The maximum absolute atomic E-state index is 5.82. The van der Waals surface area contributed by atoms with E-state index in [9.17, 15) is 0 Å². The van der Waals surface area contributed by atoms with Crippen molar-refractivity contribution in [2.75, 3.05) is 13.7 Å². The van der Waals surface area contributed by atoms with Crippen LogP contribution in [0.2, 0.25) is 0 Å². The smallest absolute Gasteiger partial charge is 0.118 e. The lowest BCUT2D eigenvalue weighted by Gasteiger charge is -2.38. The predicted octanol–water partition coefficient (Wildman–Crippen LogP) is 3.94. The van der Waals surface area contributed by atoms with Gasteiger partial charge in [-0.25, -0.2) is 0 Å². The van der Waals surface area contributed by atoms with E-state index in [-0.39, 0.29) is 5.60 Å². The SMILES string of the molecule is COc1ccc([C@H](N[C@@H]2CCOC(C)(C)C2)C(C)C)cc1. The van der Waals surface area contributed by atoms with E-state index in [1.54, 1.807) is 7.11 Å². The molecule has 0 spiro atoms. The average molecular weight is 291 g/mol. The molecular formula is C18H29NO2. The van der Waals surface area contributed by atoms with Crippen molar-refractivity contribution in [1.29, 1.82) is 0 Å². The highest BCUT2D eigenvalue weighted by Gasteiger charge is 2.30. The molecule has 1 N–H and O–H groups in total. The molecule has 2 rings (SSSR count). The van der Waals surface area contributed by atoms with E-state index in [1.165, 1.54) is 5.56 Å². The second-order valence-corrected chi connectivity index (χ2v) is 6.96. The zero-order valence-electron chi connectivity index (χ0n) is 14.0. The Hall–Kier alpha value is -1.06. The van der Waals surface area contributed by atoms with Crippen LogP contribution in [-0.4, -0.2) is 25.4 Å². The molecule has 0 unspecified atom stereocenters. The molecule has 118 valence electrons. The summed E-state index contributed by atoms with van der Waals surface area (Å²) in [7, 11) is 1.71. The standard InChI is InChI=1S/C18H29NO2/c1-13(2)17(14-6-8-16(20-5)9-7-14)19-15-10-11-21-18(3,4)12-15/h6-9,13,15,17,19H,10-12H2,1-5H3/t15-,17-/m1/s1. The maximum Gasteiger partial charge on any atom is 0.118 e. The molecule has 21 heavy (non-hydrogen) atoms. The van der Waals surface area contributed by atoms with E-state index in [2.05, 4.69) is 45.1 Å². The van der Waals surface area contributed by atoms with Crippen molar-refractivity contribution in [3.63, 3.8) is 0 Å². The number of hydrogen-bond acceptors (Lipinski definition) is 3. The fourth-order valence-electron chi connectivity index (χ4n) is 3.11. The van der Waals surface area contributed by atoms with Gasteiger partial charge >= 0.3 is 0 Å². The van der Waals surface area contributed by atoms with Crippen molar-refractivity contribution in [1.82, 2.24) is 5.32 Å². The molecule has 0 radical (unpaired) electrons. The lowest BCUT2D eigenvalue weighted by Crippen LogP contribution is -2.45. The Morgan fingerprint density at radius 2 is 1.90 bits per heavy atom. The van der Waals surface area contributed by atoms with E-state index in [1.807, 2.05) is 12.1 Å². The van der Waals surface area contributed by atoms with Crippen LogP contribution < -0.4 is 10.1 Å². The minimum Gasteiger partial charge on any atom is -0.497 e. The van der Waals surface area contributed by atoms with Crippen molar-refractivity contribution in [3.05, 3.63) is 29.8 Å². The molecule has 3 heteroatoms. The molecule has 1 heterocycles. The first-order valence-electron chi connectivity index (χ1n) is 7.95. The summed E-state index contributed by atoms with van der Waals surface area (Å²) in [5.74, 6) is 1.46. The van der Waals surface area contributed by atoms with Gasteiger partial charge < -0.3 is 14.8 Å². The highest BCUT2D eigenvalue weighted by atomic mass is 16.5.